The van der Waals surface area contributed by atoms with E-state index >= 15 is 0 Å². The molecule has 0 radical (unpaired) electrons. The summed E-state index contributed by atoms with van der Waals surface area (Å²) in [7, 11) is 1.80. The maximum atomic E-state index is 12.3. The number of aryl methyl sites for hydroxylation is 2. The summed E-state index contributed by atoms with van der Waals surface area (Å²) in [4.78, 5) is 16.6. The summed E-state index contributed by atoms with van der Waals surface area (Å²) in [5, 5.41) is 4.79. The summed E-state index contributed by atoms with van der Waals surface area (Å²) >= 11 is 6.18. The maximum Gasteiger partial charge on any atom is 0.158 e. The molecule has 0 bridgehead atoms. The zero-order valence-corrected chi connectivity index (χ0v) is 12.6. The molecular weight excluding hydrogens is 288 g/mol. The molecule has 0 atom stereocenters. The molecule has 6 heteroatoms. The largest absolute Gasteiger partial charge is 0.323 e. The van der Waals surface area contributed by atoms with Gasteiger partial charge in [0.2, 0.25) is 0 Å². The van der Waals surface area contributed by atoms with Crippen LogP contribution in [-0.2, 0) is 24.8 Å². The highest BCUT2D eigenvalue weighted by molar-refractivity contribution is 6.32. The third-order valence-electron chi connectivity index (χ3n) is 3.50. The van der Waals surface area contributed by atoms with Crippen molar-refractivity contribution in [3.05, 3.63) is 47.0 Å². The Balaban J connectivity index is 1.81. The Bertz CT molecular complexity index is 818. The summed E-state index contributed by atoms with van der Waals surface area (Å²) in [5.74, 6) is 0.0723. The monoisotopic (exact) mass is 302 g/mol. The minimum absolute atomic E-state index is 0.0723. The SMILES string of the molecule is Cc1nn(C)c(CC(=O)Cn2cnc3ccccc32)c1Cl. The van der Waals surface area contributed by atoms with Crippen LogP contribution in [0, 0.1) is 6.92 Å². The smallest absolute Gasteiger partial charge is 0.158 e. The lowest BCUT2D eigenvalue weighted by molar-refractivity contribution is -0.119. The van der Waals surface area contributed by atoms with Crippen LogP contribution in [0.3, 0.4) is 0 Å². The number of carbonyl (C=O) groups is 1. The fraction of sp³-hybridized carbons (Fsp3) is 0.267. The van der Waals surface area contributed by atoms with Gasteiger partial charge >= 0.3 is 0 Å². The molecule has 0 aliphatic heterocycles. The van der Waals surface area contributed by atoms with Crippen LogP contribution in [0.25, 0.3) is 11.0 Å². The third kappa shape index (κ3) is 2.56. The molecular formula is C15H15ClN4O. The van der Waals surface area contributed by atoms with Gasteiger partial charge < -0.3 is 4.57 Å². The number of imidazole rings is 1. The number of carbonyl (C=O) groups excluding carboxylic acids is 1. The Kier molecular flexibility index (Phi) is 3.51. The minimum atomic E-state index is 0.0723. The predicted octanol–water partition coefficient (Wildman–Crippen LogP) is 2.54. The Morgan fingerprint density at radius 2 is 2.10 bits per heavy atom. The van der Waals surface area contributed by atoms with Gasteiger partial charge in [0.05, 0.1) is 46.7 Å². The molecule has 1 aromatic carbocycles. The zero-order valence-electron chi connectivity index (χ0n) is 11.9. The van der Waals surface area contributed by atoms with Gasteiger partial charge in [-0.25, -0.2) is 4.98 Å². The lowest BCUT2D eigenvalue weighted by Crippen LogP contribution is -2.14. The molecule has 0 N–H and O–H groups in total. The second-order valence-corrected chi connectivity index (χ2v) is 5.42. The molecule has 108 valence electrons. The van der Waals surface area contributed by atoms with E-state index in [1.807, 2.05) is 35.8 Å². The molecule has 0 spiro atoms. The van der Waals surface area contributed by atoms with Crippen LogP contribution >= 0.6 is 11.6 Å². The average molecular weight is 303 g/mol. The molecule has 3 rings (SSSR count). The van der Waals surface area contributed by atoms with E-state index in [4.69, 9.17) is 11.6 Å². The topological polar surface area (TPSA) is 52.7 Å². The minimum Gasteiger partial charge on any atom is -0.323 e. The van der Waals surface area contributed by atoms with E-state index in [1.54, 1.807) is 18.1 Å². The predicted molar refractivity (Wildman–Crippen MR) is 81.4 cm³/mol. The highest BCUT2D eigenvalue weighted by atomic mass is 35.5. The molecule has 2 aromatic heterocycles. The Morgan fingerprint density at radius 3 is 2.81 bits per heavy atom. The number of hydrogen-bond acceptors (Lipinski definition) is 3. The van der Waals surface area contributed by atoms with E-state index in [0.29, 0.717) is 5.02 Å². The molecule has 0 aliphatic rings. The van der Waals surface area contributed by atoms with Gasteiger partial charge in [0, 0.05) is 7.05 Å². The fourth-order valence-electron chi connectivity index (χ4n) is 2.44. The Morgan fingerprint density at radius 1 is 1.33 bits per heavy atom. The van der Waals surface area contributed by atoms with Crippen LogP contribution in [0.1, 0.15) is 11.4 Å². The first-order valence-corrected chi connectivity index (χ1v) is 7.03. The summed E-state index contributed by atoms with van der Waals surface area (Å²) in [5.41, 5.74) is 3.34. The summed E-state index contributed by atoms with van der Waals surface area (Å²) in [6, 6.07) is 7.75. The van der Waals surface area contributed by atoms with Crippen molar-refractivity contribution in [3.8, 4) is 0 Å². The zero-order chi connectivity index (χ0) is 15.0. The first-order chi connectivity index (χ1) is 10.1. The van der Waals surface area contributed by atoms with Crippen molar-refractivity contribution >= 4 is 28.4 Å². The number of hydrogen-bond donors (Lipinski definition) is 0. The van der Waals surface area contributed by atoms with Crippen LogP contribution in [0.4, 0.5) is 0 Å². The molecule has 3 aromatic rings. The van der Waals surface area contributed by atoms with E-state index < -0.39 is 0 Å². The second kappa shape index (κ2) is 5.33. The molecule has 0 saturated heterocycles. The van der Waals surface area contributed by atoms with Crippen molar-refractivity contribution in [1.82, 2.24) is 19.3 Å². The lowest BCUT2D eigenvalue weighted by atomic mass is 10.2. The van der Waals surface area contributed by atoms with E-state index in [9.17, 15) is 4.79 Å². The molecule has 2 heterocycles. The quantitative estimate of drug-likeness (QED) is 0.744. The summed E-state index contributed by atoms with van der Waals surface area (Å²) in [6.45, 7) is 2.11. The molecule has 0 amide bonds. The standard InChI is InChI=1S/C15H15ClN4O/c1-10-15(16)14(19(2)18-10)7-11(21)8-20-9-17-12-5-3-4-6-13(12)20/h3-6,9H,7-8H2,1-2H3. The van der Waals surface area contributed by atoms with Crippen LogP contribution < -0.4 is 0 Å². The van der Waals surface area contributed by atoms with Crippen molar-refractivity contribution in [3.63, 3.8) is 0 Å². The van der Waals surface area contributed by atoms with Gasteiger partial charge in [-0.3, -0.25) is 9.48 Å². The van der Waals surface area contributed by atoms with E-state index in [2.05, 4.69) is 10.1 Å². The molecule has 0 unspecified atom stereocenters. The number of ketones is 1. The molecule has 0 aliphatic carbocycles. The lowest BCUT2D eigenvalue weighted by Gasteiger charge is -2.05. The van der Waals surface area contributed by atoms with E-state index in [0.717, 1.165) is 22.4 Å². The normalized spacial score (nSPS) is 11.2. The Labute approximate surface area is 127 Å². The van der Waals surface area contributed by atoms with Crippen molar-refractivity contribution in [2.75, 3.05) is 0 Å². The highest BCUT2D eigenvalue weighted by Gasteiger charge is 2.15. The number of rotatable bonds is 4. The maximum absolute atomic E-state index is 12.3. The van der Waals surface area contributed by atoms with Gasteiger partial charge in [0.25, 0.3) is 0 Å². The summed E-state index contributed by atoms with van der Waals surface area (Å²) in [6.07, 6.45) is 1.96. The number of nitrogens with zero attached hydrogens (tertiary/aromatic N) is 4. The van der Waals surface area contributed by atoms with Gasteiger partial charge in [-0.05, 0) is 19.1 Å². The van der Waals surface area contributed by atoms with Gasteiger partial charge in [-0.15, -0.1) is 0 Å². The number of aromatic nitrogens is 4. The highest BCUT2D eigenvalue weighted by Crippen LogP contribution is 2.20. The van der Waals surface area contributed by atoms with E-state index in [1.165, 1.54) is 0 Å². The van der Waals surface area contributed by atoms with Gasteiger partial charge in [0.15, 0.2) is 5.78 Å². The Hall–Kier alpha value is -2.14. The number of fused-ring (bicyclic) bond motifs is 1. The molecule has 0 fully saturated rings. The van der Waals surface area contributed by atoms with Crippen LogP contribution in [0.5, 0.6) is 0 Å². The van der Waals surface area contributed by atoms with Crippen molar-refractivity contribution < 1.29 is 4.79 Å². The number of para-hydroxylation sites is 2. The van der Waals surface area contributed by atoms with Crippen LogP contribution in [0.15, 0.2) is 30.6 Å². The first-order valence-electron chi connectivity index (χ1n) is 6.66. The fourth-order valence-corrected chi connectivity index (χ4v) is 2.67. The third-order valence-corrected chi connectivity index (χ3v) is 3.99. The first kappa shape index (κ1) is 13.8. The van der Waals surface area contributed by atoms with Crippen molar-refractivity contribution in [2.45, 2.75) is 19.9 Å². The van der Waals surface area contributed by atoms with Gasteiger partial charge in [-0.1, -0.05) is 23.7 Å². The number of benzene rings is 1. The number of halogens is 1. The summed E-state index contributed by atoms with van der Waals surface area (Å²) < 4.78 is 3.52. The van der Waals surface area contributed by atoms with E-state index in [-0.39, 0.29) is 18.7 Å². The van der Waals surface area contributed by atoms with Crippen LogP contribution in [-0.4, -0.2) is 25.1 Å². The van der Waals surface area contributed by atoms with Gasteiger partial charge in [0.1, 0.15) is 0 Å². The second-order valence-electron chi connectivity index (χ2n) is 5.05. The molecule has 5 nitrogen and oxygen atoms in total. The van der Waals surface area contributed by atoms with Crippen molar-refractivity contribution in [1.29, 1.82) is 0 Å². The van der Waals surface area contributed by atoms with Crippen LogP contribution in [0.2, 0.25) is 5.02 Å². The molecule has 21 heavy (non-hydrogen) atoms. The average Bonchev–Trinajstić information content (AvgIpc) is 2.96. The molecule has 0 saturated carbocycles. The van der Waals surface area contributed by atoms with Gasteiger partial charge in [-0.2, -0.15) is 5.10 Å². The number of Topliss-reactive ketones (excluding diaryl/α,β-unsaturated/α-hetero) is 1. The van der Waals surface area contributed by atoms with Crippen molar-refractivity contribution in [2.24, 2.45) is 7.05 Å².